The van der Waals surface area contributed by atoms with Crippen molar-refractivity contribution < 1.29 is 45.1 Å². The number of carbonyl (C=O) groups excluding carboxylic acids is 1. The molecule has 12 nitrogen and oxygen atoms in total. The summed E-state index contributed by atoms with van der Waals surface area (Å²) in [5.74, 6) is 1.29. The van der Waals surface area contributed by atoms with Crippen LogP contribution in [-0.4, -0.2) is 75.3 Å². The van der Waals surface area contributed by atoms with Crippen LogP contribution in [0.25, 0.3) is 10.8 Å². The summed E-state index contributed by atoms with van der Waals surface area (Å²) < 4.78 is 75.6. The molecule has 3 atom stereocenters. The lowest BCUT2D eigenvalue weighted by molar-refractivity contribution is -0.880. The molecule has 52 heavy (non-hydrogen) atoms. The number of benzene rings is 3. The van der Waals surface area contributed by atoms with Crippen LogP contribution in [0.2, 0.25) is 0 Å². The van der Waals surface area contributed by atoms with Crippen molar-refractivity contribution in [3.05, 3.63) is 53.6 Å². The number of fused-ring (bicyclic) bond motifs is 1. The quantitative estimate of drug-likeness (QED) is 0.0558. The number of ether oxygens (including phenoxy) is 1. The van der Waals surface area contributed by atoms with E-state index in [-0.39, 0.29) is 39.1 Å². The van der Waals surface area contributed by atoms with Crippen molar-refractivity contribution in [2.24, 2.45) is 27.5 Å². The van der Waals surface area contributed by atoms with Crippen molar-refractivity contribution in [3.8, 4) is 5.75 Å². The number of phenolic OH excluding ortho intramolecular Hbond substituents is 1. The molecule has 0 aliphatic carbocycles. The van der Waals surface area contributed by atoms with Crippen molar-refractivity contribution in [2.75, 3.05) is 33.8 Å². The number of hydrogen-bond acceptors (Lipinski definition) is 11. The molecule has 1 aliphatic rings. The molecule has 3 aromatic rings. The Hall–Kier alpha value is -3.43. The van der Waals surface area contributed by atoms with Crippen LogP contribution in [0.4, 0.5) is 11.4 Å². The smallest absolute Gasteiger partial charge is 0.311 e. The zero-order valence-electron chi connectivity index (χ0n) is 31.6. The summed E-state index contributed by atoms with van der Waals surface area (Å²) >= 11 is 0. The van der Waals surface area contributed by atoms with Gasteiger partial charge in [0.1, 0.15) is 25.9 Å². The summed E-state index contributed by atoms with van der Waals surface area (Å²) in [5, 5.41) is 18.2. The van der Waals surface area contributed by atoms with Gasteiger partial charge in [0, 0.05) is 22.6 Å². The van der Waals surface area contributed by atoms with Gasteiger partial charge in [-0.15, -0.1) is 5.11 Å². The van der Waals surface area contributed by atoms with E-state index in [9.17, 15) is 35.8 Å². The lowest BCUT2D eigenvalue weighted by Gasteiger charge is -2.27. The molecule has 1 N–H and O–H groups in total. The molecule has 288 valence electrons. The van der Waals surface area contributed by atoms with Crippen LogP contribution in [-0.2, 0) is 29.8 Å². The van der Waals surface area contributed by atoms with Crippen LogP contribution in [0.15, 0.2) is 62.5 Å². The van der Waals surface area contributed by atoms with Gasteiger partial charge in [-0.3, -0.25) is 4.79 Å². The number of carbonyl (C=O) groups is 1. The number of rotatable bonds is 14. The van der Waals surface area contributed by atoms with Gasteiger partial charge in [0.05, 0.1) is 54.7 Å². The number of nitrogens with zero attached hydrogens (tertiary/aromatic N) is 3. The van der Waals surface area contributed by atoms with E-state index in [1.807, 2.05) is 0 Å². The van der Waals surface area contributed by atoms with E-state index in [4.69, 9.17) is 4.74 Å². The number of quaternary nitrogens is 1. The van der Waals surface area contributed by atoms with Gasteiger partial charge in [0.15, 0.2) is 5.75 Å². The number of likely N-dealkylation sites (tertiary alicyclic amines) is 1. The molecule has 0 radical (unpaired) electrons. The van der Waals surface area contributed by atoms with E-state index in [2.05, 4.69) is 52.0 Å². The number of hydrogen-bond donors (Lipinski definition) is 1. The van der Waals surface area contributed by atoms with Gasteiger partial charge < -0.3 is 23.4 Å². The Balaban J connectivity index is 0.000000289. The highest BCUT2D eigenvalue weighted by Crippen LogP contribution is 2.40. The van der Waals surface area contributed by atoms with E-state index in [1.54, 1.807) is 13.0 Å². The second kappa shape index (κ2) is 17.6. The van der Waals surface area contributed by atoms with Gasteiger partial charge >= 0.3 is 5.97 Å². The molecule has 1 aliphatic heterocycles. The van der Waals surface area contributed by atoms with Crippen molar-refractivity contribution in [1.29, 1.82) is 0 Å². The molecule has 1 saturated heterocycles. The monoisotopic (exact) mass is 760 g/mol. The molecule has 0 spiro atoms. The molecule has 1 fully saturated rings. The van der Waals surface area contributed by atoms with Crippen LogP contribution >= 0.6 is 0 Å². The van der Waals surface area contributed by atoms with Crippen LogP contribution < -0.4 is 0 Å². The molecule has 0 amide bonds. The van der Waals surface area contributed by atoms with Crippen molar-refractivity contribution in [3.63, 3.8) is 0 Å². The van der Waals surface area contributed by atoms with Crippen LogP contribution in [0.3, 0.4) is 0 Å². The normalized spacial score (nSPS) is 18.6. The van der Waals surface area contributed by atoms with Gasteiger partial charge in [-0.2, -0.15) is 5.11 Å². The van der Waals surface area contributed by atoms with E-state index in [0.717, 1.165) is 60.6 Å². The second-order valence-corrected chi connectivity index (χ2v) is 17.5. The van der Waals surface area contributed by atoms with Crippen LogP contribution in [0.1, 0.15) is 83.8 Å². The highest BCUT2D eigenvalue weighted by Gasteiger charge is 2.39. The maximum atomic E-state index is 12.4. The third-order valence-electron chi connectivity index (χ3n) is 10.2. The van der Waals surface area contributed by atoms with E-state index >= 15 is 0 Å². The number of azo groups is 1. The van der Waals surface area contributed by atoms with Crippen LogP contribution in [0, 0.1) is 31.1 Å². The lowest BCUT2D eigenvalue weighted by atomic mass is 9.80. The molecule has 0 saturated carbocycles. The molecule has 3 unspecified atom stereocenters. The van der Waals surface area contributed by atoms with E-state index in [1.165, 1.54) is 57.1 Å². The fourth-order valence-electron chi connectivity index (χ4n) is 7.00. The standard InChI is InChI=1S/C20H40NO2.C18H16N2O7S2/c1-7-10-14-23-19(22)20(4,9-3)13-11-12-18-16-21(5,6)15-17(18)8-2;1-10-7-11(2)16(28(22,23)24)8-14(10)19-20-15-9-17(29(25,26)27)12-5-3-4-6-13(12)18(15)21/h17-18H,7-16H2,1-6H3;3-9,21H,1-2H3,(H,22,23,24)(H,25,26,27)/q+1;/p-2. The largest absolute Gasteiger partial charge is 0.744 e. The average molecular weight is 761 g/mol. The lowest BCUT2D eigenvalue weighted by Crippen LogP contribution is -2.37. The van der Waals surface area contributed by atoms with Crippen molar-refractivity contribution >= 4 is 48.4 Å². The number of phenols is 1. The van der Waals surface area contributed by atoms with Gasteiger partial charge in [0.2, 0.25) is 0 Å². The maximum absolute atomic E-state index is 12.4. The number of esters is 1. The summed E-state index contributed by atoms with van der Waals surface area (Å²) in [6.45, 7) is 14.9. The summed E-state index contributed by atoms with van der Waals surface area (Å²) in [4.78, 5) is 11.3. The first kappa shape index (κ1) is 43.0. The fourth-order valence-corrected chi connectivity index (χ4v) is 8.41. The Kier molecular flexibility index (Phi) is 14.5. The zero-order chi connectivity index (χ0) is 39.1. The average Bonchev–Trinajstić information content (AvgIpc) is 3.37. The first-order valence-electron chi connectivity index (χ1n) is 17.9. The predicted octanol–water partition coefficient (Wildman–Crippen LogP) is 8.03. The number of unbranched alkanes of at least 4 members (excludes halogenated alkanes) is 1. The molecule has 0 aromatic heterocycles. The summed E-state index contributed by atoms with van der Waals surface area (Å²) in [7, 11) is -4.91. The molecule has 3 aromatic carbocycles. The molecule has 0 bridgehead atoms. The maximum Gasteiger partial charge on any atom is 0.311 e. The summed E-state index contributed by atoms with van der Waals surface area (Å²) in [6, 6.07) is 9.21. The van der Waals surface area contributed by atoms with Gasteiger partial charge in [-0.05, 0) is 76.1 Å². The Morgan fingerprint density at radius 2 is 1.46 bits per heavy atom. The summed E-state index contributed by atoms with van der Waals surface area (Å²) in [5.41, 5.74) is 0.174. The minimum atomic E-state index is -4.87. The Morgan fingerprint density at radius 3 is 2.04 bits per heavy atom. The van der Waals surface area contributed by atoms with Crippen molar-refractivity contribution in [2.45, 2.75) is 96.3 Å². The van der Waals surface area contributed by atoms with Crippen molar-refractivity contribution in [1.82, 2.24) is 0 Å². The van der Waals surface area contributed by atoms with Crippen LogP contribution in [0.5, 0.6) is 5.75 Å². The van der Waals surface area contributed by atoms with E-state index in [0.29, 0.717) is 12.2 Å². The second-order valence-electron chi connectivity index (χ2n) is 14.8. The number of aromatic hydroxyl groups is 1. The fraction of sp³-hybridized carbons (Fsp3) is 0.553. The SMILES string of the molecule is CCCCOC(=O)C(C)(CC)CCCC1C[N+](C)(C)CC1CC.Cc1cc(C)c(S(=O)(=O)[O-])cc1N=Nc1cc(S(=O)(=O)[O-])c2ccccc2c1O. The van der Waals surface area contributed by atoms with Gasteiger partial charge in [-0.25, -0.2) is 16.8 Å². The van der Waals surface area contributed by atoms with Gasteiger partial charge in [0.25, 0.3) is 0 Å². The molecule has 4 rings (SSSR count). The molecule has 1 heterocycles. The van der Waals surface area contributed by atoms with Gasteiger partial charge in [-0.1, -0.05) is 63.9 Å². The topological polar surface area (TPSA) is 186 Å². The number of aryl methyl sites for hydroxylation is 2. The Bertz CT molecular complexity index is 1980. The first-order chi connectivity index (χ1) is 24.2. The highest BCUT2D eigenvalue weighted by atomic mass is 32.2. The molecular formula is C38H54N3O9S2-. The summed E-state index contributed by atoms with van der Waals surface area (Å²) in [6.07, 6.45) is 7.59. The minimum absolute atomic E-state index is 0.0167. The minimum Gasteiger partial charge on any atom is -0.744 e. The Labute approximate surface area is 309 Å². The molecule has 14 heteroatoms. The Morgan fingerprint density at radius 1 is 0.885 bits per heavy atom. The third-order valence-corrected chi connectivity index (χ3v) is 12.1. The predicted molar refractivity (Wildman–Crippen MR) is 199 cm³/mol. The third kappa shape index (κ3) is 11.0. The first-order valence-corrected chi connectivity index (χ1v) is 20.7. The zero-order valence-corrected chi connectivity index (χ0v) is 33.3. The highest BCUT2D eigenvalue weighted by molar-refractivity contribution is 7.86. The molecular weight excluding hydrogens is 707 g/mol. The van der Waals surface area contributed by atoms with E-state index < -0.39 is 35.8 Å².